The van der Waals surface area contributed by atoms with E-state index in [1.165, 1.54) is 32.1 Å². The Morgan fingerprint density at radius 2 is 1.82 bits per heavy atom. The molecule has 64 valence electrons. The SMILES string of the molecule is C1CCC2(CCCOC2)OC1. The van der Waals surface area contributed by atoms with Gasteiger partial charge >= 0.3 is 0 Å². The summed E-state index contributed by atoms with van der Waals surface area (Å²) in [6.45, 7) is 2.72. The predicted octanol–water partition coefficient (Wildman–Crippen LogP) is 1.74. The van der Waals surface area contributed by atoms with Crippen LogP contribution in [0.1, 0.15) is 32.1 Å². The van der Waals surface area contributed by atoms with Crippen LogP contribution in [0.3, 0.4) is 0 Å². The standard InChI is InChI=1S/C9H16O2/c1-2-7-11-9(4-1)5-3-6-10-8-9/h1-8H2. The van der Waals surface area contributed by atoms with E-state index in [2.05, 4.69) is 0 Å². The van der Waals surface area contributed by atoms with Crippen molar-refractivity contribution in [3.63, 3.8) is 0 Å². The van der Waals surface area contributed by atoms with Gasteiger partial charge in [0.05, 0.1) is 12.2 Å². The Labute approximate surface area is 67.9 Å². The number of ether oxygens (including phenoxy) is 2. The van der Waals surface area contributed by atoms with Gasteiger partial charge in [-0.25, -0.2) is 0 Å². The van der Waals surface area contributed by atoms with E-state index < -0.39 is 0 Å². The second-order valence-corrected chi connectivity index (χ2v) is 3.64. The fourth-order valence-electron chi connectivity index (χ4n) is 2.05. The maximum absolute atomic E-state index is 5.78. The fourth-order valence-corrected chi connectivity index (χ4v) is 2.05. The minimum Gasteiger partial charge on any atom is -0.378 e. The van der Waals surface area contributed by atoms with Crippen LogP contribution in [-0.4, -0.2) is 25.4 Å². The fraction of sp³-hybridized carbons (Fsp3) is 1.00. The maximum Gasteiger partial charge on any atom is 0.0915 e. The summed E-state index contributed by atoms with van der Waals surface area (Å²) in [7, 11) is 0. The lowest BCUT2D eigenvalue weighted by molar-refractivity contribution is -0.149. The molecule has 0 aromatic heterocycles. The second-order valence-electron chi connectivity index (χ2n) is 3.64. The first-order chi connectivity index (χ1) is 5.41. The van der Waals surface area contributed by atoms with Gasteiger partial charge in [0, 0.05) is 13.2 Å². The highest BCUT2D eigenvalue weighted by Gasteiger charge is 2.35. The highest BCUT2D eigenvalue weighted by Crippen LogP contribution is 2.32. The van der Waals surface area contributed by atoms with E-state index >= 15 is 0 Å². The molecule has 2 rings (SSSR count). The summed E-state index contributed by atoms with van der Waals surface area (Å²) in [6, 6.07) is 0. The largest absolute Gasteiger partial charge is 0.378 e. The highest BCUT2D eigenvalue weighted by atomic mass is 16.5. The monoisotopic (exact) mass is 156 g/mol. The van der Waals surface area contributed by atoms with Crippen LogP contribution < -0.4 is 0 Å². The van der Waals surface area contributed by atoms with Crippen LogP contribution in [-0.2, 0) is 9.47 Å². The summed E-state index contributed by atoms with van der Waals surface area (Å²) < 4.78 is 11.2. The van der Waals surface area contributed by atoms with Crippen molar-refractivity contribution in [1.29, 1.82) is 0 Å². The second kappa shape index (κ2) is 3.11. The Balaban J connectivity index is 1.94. The molecular weight excluding hydrogens is 140 g/mol. The summed E-state index contributed by atoms with van der Waals surface area (Å²) >= 11 is 0. The third-order valence-electron chi connectivity index (χ3n) is 2.72. The van der Waals surface area contributed by atoms with Crippen molar-refractivity contribution in [2.75, 3.05) is 19.8 Å². The van der Waals surface area contributed by atoms with Gasteiger partial charge in [0.15, 0.2) is 0 Å². The first-order valence-electron chi connectivity index (χ1n) is 4.63. The molecular formula is C9H16O2. The number of rotatable bonds is 0. The van der Waals surface area contributed by atoms with E-state index in [1.54, 1.807) is 0 Å². The molecule has 2 aliphatic heterocycles. The van der Waals surface area contributed by atoms with Gasteiger partial charge in [0.2, 0.25) is 0 Å². The topological polar surface area (TPSA) is 18.5 Å². The van der Waals surface area contributed by atoms with Gasteiger partial charge in [-0.2, -0.15) is 0 Å². The van der Waals surface area contributed by atoms with Crippen LogP contribution in [0.2, 0.25) is 0 Å². The Kier molecular flexibility index (Phi) is 2.14. The molecule has 2 aliphatic rings. The zero-order valence-electron chi connectivity index (χ0n) is 6.97. The van der Waals surface area contributed by atoms with E-state index in [-0.39, 0.29) is 5.60 Å². The van der Waals surface area contributed by atoms with E-state index in [0.717, 1.165) is 19.8 Å². The van der Waals surface area contributed by atoms with Crippen LogP contribution >= 0.6 is 0 Å². The Bertz CT molecular complexity index is 102. The number of hydrogen-bond donors (Lipinski definition) is 0. The molecule has 0 radical (unpaired) electrons. The zero-order valence-corrected chi connectivity index (χ0v) is 6.97. The highest BCUT2D eigenvalue weighted by molar-refractivity contribution is 4.85. The Hall–Kier alpha value is -0.0800. The molecule has 0 saturated carbocycles. The average molecular weight is 156 g/mol. The normalized spacial score (nSPS) is 39.3. The van der Waals surface area contributed by atoms with Crippen LogP contribution in [0, 0.1) is 0 Å². The molecule has 1 unspecified atom stereocenters. The molecule has 2 fully saturated rings. The third kappa shape index (κ3) is 1.57. The molecule has 1 spiro atoms. The van der Waals surface area contributed by atoms with Crippen molar-refractivity contribution >= 4 is 0 Å². The minimum absolute atomic E-state index is 0.135. The van der Waals surface area contributed by atoms with Gasteiger partial charge in [0.25, 0.3) is 0 Å². The van der Waals surface area contributed by atoms with Crippen molar-refractivity contribution in [3.8, 4) is 0 Å². The van der Waals surface area contributed by atoms with E-state index in [1.807, 2.05) is 0 Å². The summed E-state index contributed by atoms with van der Waals surface area (Å²) in [6.07, 6.45) is 6.17. The van der Waals surface area contributed by atoms with Crippen molar-refractivity contribution in [2.45, 2.75) is 37.7 Å². The van der Waals surface area contributed by atoms with Crippen LogP contribution in [0.25, 0.3) is 0 Å². The smallest absolute Gasteiger partial charge is 0.0915 e. The third-order valence-corrected chi connectivity index (χ3v) is 2.72. The number of hydrogen-bond acceptors (Lipinski definition) is 2. The summed E-state index contributed by atoms with van der Waals surface area (Å²) in [5, 5.41) is 0. The Morgan fingerprint density at radius 1 is 0.909 bits per heavy atom. The molecule has 1 atom stereocenters. The van der Waals surface area contributed by atoms with Gasteiger partial charge in [-0.3, -0.25) is 0 Å². The zero-order chi connectivity index (χ0) is 7.57. The summed E-state index contributed by atoms with van der Waals surface area (Å²) in [4.78, 5) is 0. The molecule has 0 N–H and O–H groups in total. The van der Waals surface area contributed by atoms with Gasteiger partial charge in [-0.15, -0.1) is 0 Å². The molecule has 0 aromatic rings. The quantitative estimate of drug-likeness (QED) is 0.532. The maximum atomic E-state index is 5.78. The molecule has 2 nitrogen and oxygen atoms in total. The molecule has 2 heterocycles. The van der Waals surface area contributed by atoms with Gasteiger partial charge in [-0.1, -0.05) is 0 Å². The Morgan fingerprint density at radius 3 is 2.45 bits per heavy atom. The molecule has 11 heavy (non-hydrogen) atoms. The lowest BCUT2D eigenvalue weighted by atomic mass is 9.89. The average Bonchev–Trinajstić information content (AvgIpc) is 2.07. The van der Waals surface area contributed by atoms with Crippen LogP contribution in [0.4, 0.5) is 0 Å². The molecule has 0 aliphatic carbocycles. The van der Waals surface area contributed by atoms with Crippen molar-refractivity contribution < 1.29 is 9.47 Å². The molecule has 0 amide bonds. The first-order valence-corrected chi connectivity index (χ1v) is 4.63. The molecule has 2 saturated heterocycles. The molecule has 0 aromatic carbocycles. The van der Waals surface area contributed by atoms with Crippen molar-refractivity contribution in [2.24, 2.45) is 0 Å². The van der Waals surface area contributed by atoms with E-state index in [0.29, 0.717) is 0 Å². The predicted molar refractivity (Wildman–Crippen MR) is 42.6 cm³/mol. The lowest BCUT2D eigenvalue weighted by Crippen LogP contribution is -2.43. The minimum atomic E-state index is 0.135. The van der Waals surface area contributed by atoms with Gasteiger partial charge in [0.1, 0.15) is 0 Å². The molecule has 2 heteroatoms. The van der Waals surface area contributed by atoms with Gasteiger partial charge in [-0.05, 0) is 32.1 Å². The van der Waals surface area contributed by atoms with Crippen molar-refractivity contribution in [3.05, 3.63) is 0 Å². The lowest BCUT2D eigenvalue weighted by Gasteiger charge is -2.39. The van der Waals surface area contributed by atoms with Gasteiger partial charge < -0.3 is 9.47 Å². The van der Waals surface area contributed by atoms with Crippen molar-refractivity contribution in [1.82, 2.24) is 0 Å². The van der Waals surface area contributed by atoms with E-state index in [9.17, 15) is 0 Å². The summed E-state index contributed by atoms with van der Waals surface area (Å²) in [5.41, 5.74) is 0.135. The first kappa shape index (κ1) is 7.56. The molecule has 0 bridgehead atoms. The summed E-state index contributed by atoms with van der Waals surface area (Å²) in [5.74, 6) is 0. The van der Waals surface area contributed by atoms with E-state index in [4.69, 9.17) is 9.47 Å². The van der Waals surface area contributed by atoms with Crippen LogP contribution in [0.15, 0.2) is 0 Å². The van der Waals surface area contributed by atoms with Crippen LogP contribution in [0.5, 0.6) is 0 Å².